The van der Waals surface area contributed by atoms with Gasteiger partial charge < -0.3 is 20.7 Å². The van der Waals surface area contributed by atoms with Gasteiger partial charge >= 0.3 is 0 Å². The molecule has 0 bridgehead atoms. The number of carbonyl (C=O) groups is 1. The molecule has 3 rings (SSSR count). The molecule has 1 heterocycles. The number of benzene rings is 2. The lowest BCUT2D eigenvalue weighted by Gasteiger charge is -2.11. The molecule has 0 aliphatic heterocycles. The Balaban J connectivity index is 1.69. The van der Waals surface area contributed by atoms with Crippen LogP contribution in [0.3, 0.4) is 0 Å². The lowest BCUT2D eigenvalue weighted by molar-refractivity contribution is 0.102. The molecular weight excluding hydrogens is 354 g/mol. The summed E-state index contributed by atoms with van der Waals surface area (Å²) in [6.45, 7) is 4.67. The second-order valence-corrected chi connectivity index (χ2v) is 6.11. The first kappa shape index (κ1) is 19.2. The first-order valence-electron chi connectivity index (χ1n) is 9.00. The second-order valence-electron chi connectivity index (χ2n) is 6.11. The highest BCUT2D eigenvalue weighted by atomic mass is 16.5. The highest BCUT2D eigenvalue weighted by Crippen LogP contribution is 2.22. The zero-order valence-electron chi connectivity index (χ0n) is 16.1. The SMILES string of the molecule is CCNc1nc(C)cc(Nc2ccc(NC(=O)c3ccccc3OC)cc2)n1. The van der Waals surface area contributed by atoms with Crippen LogP contribution < -0.4 is 20.7 Å². The maximum atomic E-state index is 12.5. The maximum Gasteiger partial charge on any atom is 0.259 e. The van der Waals surface area contributed by atoms with Crippen LogP contribution in [0.25, 0.3) is 0 Å². The van der Waals surface area contributed by atoms with Gasteiger partial charge in [0.2, 0.25) is 5.95 Å². The highest BCUT2D eigenvalue weighted by molar-refractivity contribution is 6.06. The number of methoxy groups -OCH3 is 1. The molecule has 0 atom stereocenters. The zero-order valence-corrected chi connectivity index (χ0v) is 16.1. The number of ether oxygens (including phenoxy) is 1. The fourth-order valence-corrected chi connectivity index (χ4v) is 2.69. The zero-order chi connectivity index (χ0) is 19.9. The van der Waals surface area contributed by atoms with Crippen molar-refractivity contribution in [2.75, 3.05) is 29.6 Å². The summed E-state index contributed by atoms with van der Waals surface area (Å²) in [6, 6.07) is 16.4. The molecule has 3 N–H and O–H groups in total. The number of hydrogen-bond donors (Lipinski definition) is 3. The summed E-state index contributed by atoms with van der Waals surface area (Å²) in [6.07, 6.45) is 0. The Bertz CT molecular complexity index is 957. The number of amides is 1. The van der Waals surface area contributed by atoms with Gasteiger partial charge in [0.05, 0.1) is 12.7 Å². The molecule has 0 aliphatic carbocycles. The number of hydrogen-bond acceptors (Lipinski definition) is 6. The van der Waals surface area contributed by atoms with E-state index in [9.17, 15) is 4.79 Å². The lowest BCUT2D eigenvalue weighted by atomic mass is 10.2. The number of aromatic nitrogens is 2. The van der Waals surface area contributed by atoms with Crippen molar-refractivity contribution in [3.8, 4) is 5.75 Å². The van der Waals surface area contributed by atoms with Gasteiger partial charge in [-0.1, -0.05) is 12.1 Å². The Morgan fingerprint density at radius 2 is 1.75 bits per heavy atom. The van der Waals surface area contributed by atoms with Crippen molar-refractivity contribution in [3.63, 3.8) is 0 Å². The molecule has 1 amide bonds. The molecule has 144 valence electrons. The standard InChI is InChI=1S/C21H23N5O2/c1-4-22-21-23-14(2)13-19(26-21)24-15-9-11-16(12-10-15)25-20(27)17-7-5-6-8-18(17)28-3/h5-13H,4H2,1-3H3,(H,25,27)(H2,22,23,24,26). The van der Waals surface area contributed by atoms with Gasteiger partial charge in [-0.2, -0.15) is 4.98 Å². The van der Waals surface area contributed by atoms with E-state index in [-0.39, 0.29) is 5.91 Å². The molecule has 0 fully saturated rings. The van der Waals surface area contributed by atoms with Crippen LogP contribution in [0.15, 0.2) is 54.6 Å². The fraction of sp³-hybridized carbons (Fsp3) is 0.190. The summed E-state index contributed by atoms with van der Waals surface area (Å²) in [5.41, 5.74) is 2.90. The Morgan fingerprint density at radius 1 is 1.04 bits per heavy atom. The van der Waals surface area contributed by atoms with Crippen LogP contribution in [-0.4, -0.2) is 29.5 Å². The van der Waals surface area contributed by atoms with Gasteiger partial charge in [0.1, 0.15) is 11.6 Å². The minimum atomic E-state index is -0.222. The summed E-state index contributed by atoms with van der Waals surface area (Å²) < 4.78 is 5.24. The van der Waals surface area contributed by atoms with Crippen molar-refractivity contribution >= 4 is 29.0 Å². The summed E-state index contributed by atoms with van der Waals surface area (Å²) in [5.74, 6) is 1.61. The average molecular weight is 377 g/mol. The van der Waals surface area contributed by atoms with Crippen LogP contribution in [0.5, 0.6) is 5.75 Å². The van der Waals surface area contributed by atoms with E-state index in [4.69, 9.17) is 4.74 Å². The van der Waals surface area contributed by atoms with Gasteiger partial charge in [0.15, 0.2) is 0 Å². The molecule has 0 unspecified atom stereocenters. The van der Waals surface area contributed by atoms with Crippen molar-refractivity contribution < 1.29 is 9.53 Å². The molecule has 28 heavy (non-hydrogen) atoms. The highest BCUT2D eigenvalue weighted by Gasteiger charge is 2.11. The van der Waals surface area contributed by atoms with Crippen molar-refractivity contribution in [2.45, 2.75) is 13.8 Å². The molecule has 2 aromatic carbocycles. The average Bonchev–Trinajstić information content (AvgIpc) is 2.69. The van der Waals surface area contributed by atoms with E-state index in [1.54, 1.807) is 25.3 Å². The number of aryl methyl sites for hydroxylation is 1. The summed E-state index contributed by atoms with van der Waals surface area (Å²) in [7, 11) is 1.54. The van der Waals surface area contributed by atoms with Crippen molar-refractivity contribution in [3.05, 3.63) is 65.9 Å². The van der Waals surface area contributed by atoms with Gasteiger partial charge in [-0.15, -0.1) is 0 Å². The molecule has 7 heteroatoms. The normalized spacial score (nSPS) is 10.2. The van der Waals surface area contributed by atoms with Crippen LogP contribution in [0, 0.1) is 6.92 Å². The van der Waals surface area contributed by atoms with E-state index in [2.05, 4.69) is 25.9 Å². The number of anilines is 4. The Hall–Kier alpha value is -3.61. The van der Waals surface area contributed by atoms with Gasteiger partial charge in [-0.25, -0.2) is 4.98 Å². The smallest absolute Gasteiger partial charge is 0.259 e. The molecule has 0 spiro atoms. The van der Waals surface area contributed by atoms with E-state index in [0.29, 0.717) is 28.8 Å². The Morgan fingerprint density at radius 3 is 2.46 bits per heavy atom. The van der Waals surface area contributed by atoms with Gasteiger partial charge in [0, 0.05) is 29.7 Å². The topological polar surface area (TPSA) is 88.2 Å². The molecule has 0 saturated heterocycles. The minimum Gasteiger partial charge on any atom is -0.496 e. The van der Waals surface area contributed by atoms with Crippen molar-refractivity contribution in [2.24, 2.45) is 0 Å². The predicted molar refractivity (Wildman–Crippen MR) is 112 cm³/mol. The van der Waals surface area contributed by atoms with E-state index in [0.717, 1.165) is 17.9 Å². The van der Waals surface area contributed by atoms with Crippen LogP contribution in [0.4, 0.5) is 23.1 Å². The monoisotopic (exact) mass is 377 g/mol. The third-order valence-corrected chi connectivity index (χ3v) is 3.96. The van der Waals surface area contributed by atoms with Crippen LogP contribution in [0.1, 0.15) is 23.0 Å². The van der Waals surface area contributed by atoms with E-state index < -0.39 is 0 Å². The number of nitrogens with one attached hydrogen (secondary N) is 3. The number of nitrogens with zero attached hydrogens (tertiary/aromatic N) is 2. The fourth-order valence-electron chi connectivity index (χ4n) is 2.69. The molecular formula is C21H23N5O2. The van der Waals surface area contributed by atoms with Crippen molar-refractivity contribution in [1.29, 1.82) is 0 Å². The Kier molecular flexibility index (Phi) is 6.06. The largest absolute Gasteiger partial charge is 0.496 e. The number of carbonyl (C=O) groups excluding carboxylic acids is 1. The van der Waals surface area contributed by atoms with Gasteiger partial charge in [0.25, 0.3) is 5.91 Å². The third-order valence-electron chi connectivity index (χ3n) is 3.96. The quantitative estimate of drug-likeness (QED) is 0.571. The summed E-state index contributed by atoms with van der Waals surface area (Å²) in [5, 5.41) is 9.24. The second kappa shape index (κ2) is 8.85. The Labute approximate surface area is 164 Å². The molecule has 3 aromatic rings. The van der Waals surface area contributed by atoms with Crippen LogP contribution in [-0.2, 0) is 0 Å². The number of para-hydroxylation sites is 1. The van der Waals surface area contributed by atoms with Crippen LogP contribution in [0.2, 0.25) is 0 Å². The summed E-state index contributed by atoms with van der Waals surface area (Å²) in [4.78, 5) is 21.2. The molecule has 7 nitrogen and oxygen atoms in total. The molecule has 0 radical (unpaired) electrons. The molecule has 0 saturated carbocycles. The first-order chi connectivity index (χ1) is 13.6. The van der Waals surface area contributed by atoms with Crippen molar-refractivity contribution in [1.82, 2.24) is 9.97 Å². The molecule has 1 aromatic heterocycles. The number of rotatable bonds is 7. The lowest BCUT2D eigenvalue weighted by Crippen LogP contribution is -2.13. The summed E-state index contributed by atoms with van der Waals surface area (Å²) >= 11 is 0. The molecule has 0 aliphatic rings. The van der Waals surface area contributed by atoms with E-state index in [1.165, 1.54) is 0 Å². The van der Waals surface area contributed by atoms with Crippen LogP contribution >= 0.6 is 0 Å². The third kappa shape index (κ3) is 4.76. The van der Waals surface area contributed by atoms with Gasteiger partial charge in [-0.3, -0.25) is 4.79 Å². The van der Waals surface area contributed by atoms with E-state index >= 15 is 0 Å². The minimum absolute atomic E-state index is 0.222. The van der Waals surface area contributed by atoms with E-state index in [1.807, 2.05) is 50.2 Å². The van der Waals surface area contributed by atoms with Gasteiger partial charge in [-0.05, 0) is 50.2 Å². The maximum absolute atomic E-state index is 12.5. The predicted octanol–water partition coefficient (Wildman–Crippen LogP) is 4.22. The first-order valence-corrected chi connectivity index (χ1v) is 9.00.